The van der Waals surface area contributed by atoms with Crippen molar-refractivity contribution in [1.29, 1.82) is 0 Å². The van der Waals surface area contributed by atoms with E-state index in [0.717, 1.165) is 60.6 Å². The van der Waals surface area contributed by atoms with E-state index in [4.69, 9.17) is 21.3 Å². The largest absolute Gasteiger partial charge is 0.477 e. The minimum atomic E-state index is -0.898. The van der Waals surface area contributed by atoms with E-state index in [1.165, 1.54) is 23.1 Å². The predicted molar refractivity (Wildman–Crippen MR) is 161 cm³/mol. The van der Waals surface area contributed by atoms with Gasteiger partial charge in [-0.25, -0.2) is 19.2 Å². The van der Waals surface area contributed by atoms with Crippen LogP contribution in [0.1, 0.15) is 58.0 Å². The fraction of sp³-hybridized carbons (Fsp3) is 0.323. The molecule has 42 heavy (non-hydrogen) atoms. The third-order valence-electron chi connectivity index (χ3n) is 7.87. The number of imidazole rings is 1. The summed E-state index contributed by atoms with van der Waals surface area (Å²) >= 11 is 7.17. The van der Waals surface area contributed by atoms with E-state index in [9.17, 15) is 14.3 Å². The number of benzene rings is 1. The highest BCUT2D eigenvalue weighted by atomic mass is 35.5. The van der Waals surface area contributed by atoms with E-state index < -0.39 is 11.8 Å². The van der Waals surface area contributed by atoms with Crippen LogP contribution in [0.2, 0.25) is 5.02 Å². The standard InChI is InChI=1S/C31H31ClFN5O3S/c1-2-37-19-34-15-24(37)17-38-23(13-28-27(38)14-29(42-28)31(39)40)16-36-10-8-20(9-11-36)26-4-3-5-30(35-26)41-18-21-6-7-22(32)12-25(21)33/h3-7,12-15,19-20H,2,8-11,16-18H2,1H3,(H,39,40). The summed E-state index contributed by atoms with van der Waals surface area (Å²) in [5, 5.41) is 9.90. The van der Waals surface area contributed by atoms with Crippen LogP contribution in [0.3, 0.4) is 0 Å². The van der Waals surface area contributed by atoms with E-state index >= 15 is 0 Å². The Morgan fingerprint density at radius 2 is 1.98 bits per heavy atom. The van der Waals surface area contributed by atoms with Gasteiger partial charge in [0.25, 0.3) is 0 Å². The SMILES string of the molecule is CCn1cncc1Cn1c(CN2CCC(c3cccc(OCc4ccc(Cl)cc4F)n3)CC2)cc2sc(C(=O)O)cc21. The number of thiophene rings is 1. The van der Waals surface area contributed by atoms with Crippen molar-refractivity contribution >= 4 is 39.1 Å². The van der Waals surface area contributed by atoms with Crippen LogP contribution in [-0.4, -0.2) is 48.2 Å². The molecule has 5 heterocycles. The maximum atomic E-state index is 14.1. The first-order chi connectivity index (χ1) is 20.4. The fourth-order valence-electron chi connectivity index (χ4n) is 5.59. The lowest BCUT2D eigenvalue weighted by Gasteiger charge is -2.32. The molecule has 1 saturated heterocycles. The van der Waals surface area contributed by atoms with E-state index in [0.29, 0.717) is 33.8 Å². The van der Waals surface area contributed by atoms with Crippen molar-refractivity contribution in [2.24, 2.45) is 0 Å². The van der Waals surface area contributed by atoms with Crippen LogP contribution in [-0.2, 0) is 26.2 Å². The van der Waals surface area contributed by atoms with Crippen LogP contribution in [0.15, 0.2) is 61.1 Å². The molecule has 1 aliphatic heterocycles. The summed E-state index contributed by atoms with van der Waals surface area (Å²) in [4.78, 5) is 23.5. The molecule has 0 aliphatic carbocycles. The number of carbonyl (C=O) groups is 1. The molecule has 1 fully saturated rings. The molecule has 8 nitrogen and oxygen atoms in total. The average molecular weight is 608 g/mol. The molecule has 11 heteroatoms. The fourth-order valence-corrected chi connectivity index (χ4v) is 6.71. The first-order valence-electron chi connectivity index (χ1n) is 14.0. The zero-order valence-corrected chi connectivity index (χ0v) is 24.7. The van der Waals surface area contributed by atoms with Crippen molar-refractivity contribution in [3.63, 3.8) is 0 Å². The third-order valence-corrected chi connectivity index (χ3v) is 9.17. The molecular weight excluding hydrogens is 577 g/mol. The summed E-state index contributed by atoms with van der Waals surface area (Å²) < 4.78 is 25.3. The molecule has 0 spiro atoms. The Morgan fingerprint density at radius 3 is 2.74 bits per heavy atom. The zero-order chi connectivity index (χ0) is 29.2. The Bertz CT molecular complexity index is 1720. The maximum Gasteiger partial charge on any atom is 0.345 e. The highest BCUT2D eigenvalue weighted by molar-refractivity contribution is 7.20. The Hall–Kier alpha value is -3.73. The number of fused-ring (bicyclic) bond motifs is 1. The third kappa shape index (κ3) is 6.06. The molecule has 0 radical (unpaired) electrons. The monoisotopic (exact) mass is 607 g/mol. The maximum absolute atomic E-state index is 14.1. The number of nitrogens with zero attached hydrogens (tertiary/aromatic N) is 5. The lowest BCUT2D eigenvalue weighted by Crippen LogP contribution is -2.33. The molecule has 1 aromatic carbocycles. The second-order valence-corrected chi connectivity index (χ2v) is 12.1. The number of rotatable bonds is 10. The van der Waals surface area contributed by atoms with Gasteiger partial charge in [0.1, 0.15) is 17.3 Å². The minimum Gasteiger partial charge on any atom is -0.477 e. The summed E-state index contributed by atoms with van der Waals surface area (Å²) in [5.74, 6) is -0.501. The molecule has 0 bridgehead atoms. The van der Waals surface area contributed by atoms with Gasteiger partial charge >= 0.3 is 5.97 Å². The summed E-state index contributed by atoms with van der Waals surface area (Å²) in [6.45, 7) is 6.24. The van der Waals surface area contributed by atoms with E-state index in [1.54, 1.807) is 24.3 Å². The normalized spacial score (nSPS) is 14.5. The first kappa shape index (κ1) is 28.4. The van der Waals surface area contributed by atoms with Crippen molar-refractivity contribution in [3.8, 4) is 5.88 Å². The molecule has 1 aliphatic rings. The van der Waals surface area contributed by atoms with Gasteiger partial charge in [-0.1, -0.05) is 23.7 Å². The van der Waals surface area contributed by atoms with E-state index in [1.807, 2.05) is 24.7 Å². The highest BCUT2D eigenvalue weighted by Gasteiger charge is 2.24. The van der Waals surface area contributed by atoms with E-state index in [2.05, 4.69) is 32.0 Å². The van der Waals surface area contributed by atoms with Gasteiger partial charge in [-0.05, 0) is 63.2 Å². The lowest BCUT2D eigenvalue weighted by atomic mass is 9.93. The number of piperidine rings is 1. The van der Waals surface area contributed by atoms with Gasteiger partial charge in [0.2, 0.25) is 5.88 Å². The molecule has 0 saturated carbocycles. The number of ether oxygens (including phenoxy) is 1. The Morgan fingerprint density at radius 1 is 1.14 bits per heavy atom. The topological polar surface area (TPSA) is 85.4 Å². The van der Waals surface area contributed by atoms with Crippen LogP contribution in [0.25, 0.3) is 10.2 Å². The Labute approximate surface area is 252 Å². The van der Waals surface area contributed by atoms with Crippen molar-refractivity contribution < 1.29 is 19.0 Å². The average Bonchev–Trinajstić information content (AvgIpc) is 3.69. The van der Waals surface area contributed by atoms with Gasteiger partial charge in [0.05, 0.1) is 28.8 Å². The number of carboxylic acids is 1. The summed E-state index contributed by atoms with van der Waals surface area (Å²) in [6, 6.07) is 14.2. The number of carboxylic acid groups (broad SMARTS) is 1. The van der Waals surface area contributed by atoms with Crippen LogP contribution < -0.4 is 4.74 Å². The van der Waals surface area contributed by atoms with Gasteiger partial charge < -0.3 is 19.0 Å². The number of aromatic nitrogens is 4. The molecule has 1 N–H and O–H groups in total. The van der Waals surface area contributed by atoms with Gasteiger partial charge in [0, 0.05) is 53.2 Å². The van der Waals surface area contributed by atoms with Gasteiger partial charge in [-0.15, -0.1) is 11.3 Å². The summed E-state index contributed by atoms with van der Waals surface area (Å²) in [6.07, 6.45) is 5.64. The van der Waals surface area contributed by atoms with Gasteiger partial charge in [0.15, 0.2) is 0 Å². The molecular formula is C31H31ClFN5O3S. The quantitative estimate of drug-likeness (QED) is 0.188. The molecule has 0 unspecified atom stereocenters. The van der Waals surface area contributed by atoms with Crippen molar-refractivity contribution in [3.05, 3.63) is 99.4 Å². The number of aryl methyl sites for hydroxylation is 1. The lowest BCUT2D eigenvalue weighted by molar-refractivity contribution is 0.0702. The molecule has 0 atom stereocenters. The highest BCUT2D eigenvalue weighted by Crippen LogP contribution is 2.33. The first-order valence-corrected chi connectivity index (χ1v) is 15.2. The number of hydrogen-bond donors (Lipinski definition) is 1. The zero-order valence-electron chi connectivity index (χ0n) is 23.2. The van der Waals surface area contributed by atoms with Crippen LogP contribution in [0.4, 0.5) is 4.39 Å². The predicted octanol–water partition coefficient (Wildman–Crippen LogP) is 6.81. The second-order valence-electron chi connectivity index (χ2n) is 10.5. The number of aromatic carboxylic acids is 1. The number of likely N-dealkylation sites (tertiary alicyclic amines) is 1. The van der Waals surface area contributed by atoms with Crippen molar-refractivity contribution in [1.82, 2.24) is 24.0 Å². The summed E-state index contributed by atoms with van der Waals surface area (Å²) in [5.41, 5.74) is 4.62. The number of hydrogen-bond acceptors (Lipinski definition) is 6. The van der Waals surface area contributed by atoms with Crippen molar-refractivity contribution in [2.45, 2.75) is 51.9 Å². The Kier molecular flexibility index (Phi) is 8.28. The second kappa shape index (κ2) is 12.2. The summed E-state index contributed by atoms with van der Waals surface area (Å²) in [7, 11) is 0. The van der Waals surface area contributed by atoms with Gasteiger partial charge in [-0.3, -0.25) is 4.90 Å². The smallest absolute Gasteiger partial charge is 0.345 e. The Balaban J connectivity index is 1.12. The minimum absolute atomic E-state index is 0.0853. The molecule has 0 amide bonds. The van der Waals surface area contributed by atoms with E-state index in [-0.39, 0.29) is 6.61 Å². The molecule has 5 aromatic rings. The number of pyridine rings is 1. The van der Waals surface area contributed by atoms with Gasteiger partial charge in [-0.2, -0.15) is 0 Å². The molecule has 218 valence electrons. The van der Waals surface area contributed by atoms with Crippen molar-refractivity contribution in [2.75, 3.05) is 13.1 Å². The molecule has 4 aromatic heterocycles. The molecule has 6 rings (SSSR count). The number of halogens is 2. The van der Waals surface area contributed by atoms with Crippen LogP contribution in [0, 0.1) is 5.82 Å². The van der Waals surface area contributed by atoms with Crippen LogP contribution >= 0.6 is 22.9 Å². The van der Waals surface area contributed by atoms with Crippen LogP contribution in [0.5, 0.6) is 5.88 Å².